The van der Waals surface area contributed by atoms with Crippen molar-refractivity contribution in [2.75, 3.05) is 26.0 Å². The van der Waals surface area contributed by atoms with Gasteiger partial charge in [0.05, 0.1) is 11.1 Å². The van der Waals surface area contributed by atoms with Crippen LogP contribution in [0.25, 0.3) is 0 Å². The van der Waals surface area contributed by atoms with Crippen molar-refractivity contribution >= 4 is 20.0 Å². The first-order valence-electron chi connectivity index (χ1n) is 7.94. The van der Waals surface area contributed by atoms with Crippen LogP contribution in [0.4, 0.5) is 0 Å². The Labute approximate surface area is 133 Å². The molecule has 0 N–H and O–H groups in total. The summed E-state index contributed by atoms with van der Waals surface area (Å²) in [6, 6.07) is 7.06. The van der Waals surface area contributed by atoms with Crippen molar-refractivity contribution in [1.82, 2.24) is 4.90 Å². The van der Waals surface area contributed by atoms with Gasteiger partial charge in [0.15, 0.2) is 0 Å². The van der Waals surface area contributed by atoms with Crippen LogP contribution in [0.2, 0.25) is 0 Å². The second-order valence-corrected chi connectivity index (χ2v) is 7.45. The minimum atomic E-state index is -0.275. The lowest BCUT2D eigenvalue weighted by molar-refractivity contribution is 0.0651. The van der Waals surface area contributed by atoms with Gasteiger partial charge in [0, 0.05) is 21.3 Å². The van der Waals surface area contributed by atoms with E-state index < -0.39 is 0 Å². The monoisotopic (exact) mass is 321 g/mol. The van der Waals surface area contributed by atoms with E-state index in [2.05, 4.69) is 6.66 Å². The molecule has 4 nitrogen and oxygen atoms in total. The van der Waals surface area contributed by atoms with E-state index in [0.717, 1.165) is 38.5 Å². The fourth-order valence-electron chi connectivity index (χ4n) is 2.69. The van der Waals surface area contributed by atoms with Crippen LogP contribution in [-0.2, 0) is 4.52 Å². The van der Waals surface area contributed by atoms with Crippen LogP contribution in [0.5, 0.6) is 0 Å². The third-order valence-corrected chi connectivity index (χ3v) is 5.48. The number of amides is 2. The van der Waals surface area contributed by atoms with Crippen molar-refractivity contribution in [3.8, 4) is 0 Å². The van der Waals surface area contributed by atoms with E-state index in [1.165, 1.54) is 4.90 Å². The molecular formula is C17H24NO3P. The Hall–Kier alpha value is -1.25. The molecule has 1 atom stereocenters. The summed E-state index contributed by atoms with van der Waals surface area (Å²) in [5.74, 6) is -0.289. The molecule has 0 bridgehead atoms. The minimum Gasteiger partial charge on any atom is -0.360 e. The lowest BCUT2D eigenvalue weighted by Gasteiger charge is -2.14. The normalized spacial score (nSPS) is 15.3. The molecule has 2 amide bonds. The SMILES string of the molecule is CCOP(C)CCCCCCN1C(=O)c2ccccc2C1=O. The molecule has 1 aliphatic rings. The Morgan fingerprint density at radius 2 is 1.59 bits per heavy atom. The number of rotatable bonds is 9. The van der Waals surface area contributed by atoms with Gasteiger partial charge in [-0.1, -0.05) is 25.0 Å². The molecule has 0 spiro atoms. The Bertz CT molecular complexity index is 497. The highest BCUT2D eigenvalue weighted by Gasteiger charge is 2.34. The van der Waals surface area contributed by atoms with Gasteiger partial charge in [-0.2, -0.15) is 0 Å². The van der Waals surface area contributed by atoms with E-state index >= 15 is 0 Å². The summed E-state index contributed by atoms with van der Waals surface area (Å²) < 4.78 is 5.56. The summed E-state index contributed by atoms with van der Waals surface area (Å²) in [5.41, 5.74) is 1.08. The maximum atomic E-state index is 12.2. The molecule has 22 heavy (non-hydrogen) atoms. The zero-order valence-electron chi connectivity index (χ0n) is 13.4. The molecule has 2 rings (SSSR count). The first kappa shape index (κ1) is 17.1. The molecule has 1 aliphatic heterocycles. The topological polar surface area (TPSA) is 46.6 Å². The van der Waals surface area contributed by atoms with Crippen LogP contribution in [0, 0.1) is 0 Å². The van der Waals surface area contributed by atoms with Gasteiger partial charge in [-0.3, -0.25) is 14.5 Å². The molecule has 0 saturated carbocycles. The van der Waals surface area contributed by atoms with Gasteiger partial charge >= 0.3 is 0 Å². The van der Waals surface area contributed by atoms with Gasteiger partial charge in [0.1, 0.15) is 0 Å². The molecule has 1 unspecified atom stereocenters. The third-order valence-electron chi connectivity index (χ3n) is 3.83. The molecule has 0 aliphatic carbocycles. The maximum Gasteiger partial charge on any atom is 0.261 e. The standard InChI is InChI=1S/C17H24NO3P/c1-3-21-22(2)13-9-5-4-8-12-18-16(19)14-10-6-7-11-15(14)17(18)20/h6-7,10-11H,3-5,8-9,12-13H2,1-2H3. The maximum absolute atomic E-state index is 12.2. The van der Waals surface area contributed by atoms with E-state index in [4.69, 9.17) is 4.52 Å². The highest BCUT2D eigenvalue weighted by molar-refractivity contribution is 7.51. The fourth-order valence-corrected chi connectivity index (χ4v) is 3.92. The zero-order chi connectivity index (χ0) is 15.9. The predicted octanol–water partition coefficient (Wildman–Crippen LogP) is 3.91. The molecule has 120 valence electrons. The number of hydrogen-bond donors (Lipinski definition) is 0. The number of carbonyl (C=O) groups excluding carboxylic acids is 2. The third kappa shape index (κ3) is 4.15. The smallest absolute Gasteiger partial charge is 0.261 e. The summed E-state index contributed by atoms with van der Waals surface area (Å²) in [4.78, 5) is 25.7. The number of nitrogens with zero attached hydrogens (tertiary/aromatic N) is 1. The molecule has 1 aromatic carbocycles. The van der Waals surface area contributed by atoms with E-state index in [1.54, 1.807) is 24.3 Å². The summed E-state index contributed by atoms with van der Waals surface area (Å²) in [6.45, 7) is 5.51. The molecule has 0 radical (unpaired) electrons. The lowest BCUT2D eigenvalue weighted by Crippen LogP contribution is -2.30. The minimum absolute atomic E-state index is 0.144. The fraction of sp³-hybridized carbons (Fsp3) is 0.529. The van der Waals surface area contributed by atoms with Crippen molar-refractivity contribution in [2.45, 2.75) is 32.6 Å². The largest absolute Gasteiger partial charge is 0.360 e. The van der Waals surface area contributed by atoms with Gasteiger partial charge in [-0.05, 0) is 44.7 Å². The summed E-state index contributed by atoms with van der Waals surface area (Å²) in [6.07, 6.45) is 5.34. The first-order valence-corrected chi connectivity index (χ1v) is 9.83. The quantitative estimate of drug-likeness (QED) is 0.393. The molecule has 0 aromatic heterocycles. The number of hydrogen-bond acceptors (Lipinski definition) is 3. The van der Waals surface area contributed by atoms with Crippen LogP contribution in [0.15, 0.2) is 24.3 Å². The van der Waals surface area contributed by atoms with Gasteiger partial charge in [0.25, 0.3) is 11.8 Å². The van der Waals surface area contributed by atoms with Crippen LogP contribution in [0.1, 0.15) is 53.3 Å². The first-order chi connectivity index (χ1) is 10.6. The van der Waals surface area contributed by atoms with Gasteiger partial charge in [0.2, 0.25) is 0 Å². The second-order valence-electron chi connectivity index (χ2n) is 5.49. The van der Waals surface area contributed by atoms with E-state index in [9.17, 15) is 9.59 Å². The Balaban J connectivity index is 1.69. The van der Waals surface area contributed by atoms with Gasteiger partial charge < -0.3 is 4.52 Å². The molecule has 1 heterocycles. The van der Waals surface area contributed by atoms with Crippen LogP contribution < -0.4 is 0 Å². The molecule has 0 fully saturated rings. The predicted molar refractivity (Wildman–Crippen MR) is 89.6 cm³/mol. The van der Waals surface area contributed by atoms with E-state index in [0.29, 0.717) is 17.7 Å². The number of imide groups is 1. The number of benzene rings is 1. The highest BCUT2D eigenvalue weighted by Crippen LogP contribution is 2.33. The molecule has 5 heteroatoms. The Morgan fingerprint density at radius 1 is 1.00 bits per heavy atom. The summed E-state index contributed by atoms with van der Waals surface area (Å²) in [7, 11) is -0.275. The van der Waals surface area contributed by atoms with Crippen LogP contribution in [0.3, 0.4) is 0 Å². The average Bonchev–Trinajstić information content (AvgIpc) is 2.76. The van der Waals surface area contributed by atoms with Crippen molar-refractivity contribution in [3.63, 3.8) is 0 Å². The lowest BCUT2D eigenvalue weighted by atomic mass is 10.1. The van der Waals surface area contributed by atoms with Gasteiger partial charge in [-0.15, -0.1) is 0 Å². The summed E-state index contributed by atoms with van der Waals surface area (Å²) >= 11 is 0. The molecule has 0 saturated heterocycles. The second kappa shape index (κ2) is 8.40. The highest BCUT2D eigenvalue weighted by atomic mass is 31.1. The van der Waals surface area contributed by atoms with Crippen molar-refractivity contribution < 1.29 is 14.1 Å². The molecule has 1 aromatic rings. The Morgan fingerprint density at radius 3 is 2.18 bits per heavy atom. The van der Waals surface area contributed by atoms with Gasteiger partial charge in [-0.25, -0.2) is 0 Å². The zero-order valence-corrected chi connectivity index (χ0v) is 14.3. The summed E-state index contributed by atoms with van der Waals surface area (Å²) in [5, 5.41) is 0. The van der Waals surface area contributed by atoms with E-state index in [1.807, 2.05) is 6.92 Å². The van der Waals surface area contributed by atoms with Crippen molar-refractivity contribution in [1.29, 1.82) is 0 Å². The number of unbranched alkanes of at least 4 members (excludes halogenated alkanes) is 3. The van der Waals surface area contributed by atoms with Crippen molar-refractivity contribution in [3.05, 3.63) is 35.4 Å². The van der Waals surface area contributed by atoms with Crippen LogP contribution >= 0.6 is 8.15 Å². The Kier molecular flexibility index (Phi) is 6.53. The van der Waals surface area contributed by atoms with Crippen LogP contribution in [-0.4, -0.2) is 42.7 Å². The molecular weight excluding hydrogens is 297 g/mol. The van der Waals surface area contributed by atoms with Crippen molar-refractivity contribution in [2.24, 2.45) is 0 Å². The van der Waals surface area contributed by atoms with E-state index in [-0.39, 0.29) is 20.0 Å². The number of carbonyl (C=O) groups is 2. The average molecular weight is 321 g/mol. The number of fused-ring (bicyclic) bond motifs is 1.